The van der Waals surface area contributed by atoms with Crippen LogP contribution in [-0.4, -0.2) is 18.9 Å². The van der Waals surface area contributed by atoms with Crippen LogP contribution in [0.2, 0.25) is 0 Å². The first kappa shape index (κ1) is 13.5. The normalized spacial score (nSPS) is 10.5. The zero-order valence-corrected chi connectivity index (χ0v) is 11.8. The predicted molar refractivity (Wildman–Crippen MR) is 72.9 cm³/mol. The summed E-state index contributed by atoms with van der Waals surface area (Å²) in [4.78, 5) is 0. The van der Waals surface area contributed by atoms with Crippen molar-refractivity contribution >= 4 is 0 Å². The van der Waals surface area contributed by atoms with Gasteiger partial charge in [-0.1, -0.05) is 11.2 Å². The maximum atomic E-state index is 5.77. The van der Waals surface area contributed by atoms with E-state index in [1.807, 2.05) is 39.0 Å². The van der Waals surface area contributed by atoms with E-state index < -0.39 is 0 Å². The smallest absolute Gasteiger partial charge is 0.161 e. The summed E-state index contributed by atoms with van der Waals surface area (Å²) in [5, 5.41) is 3.93. The van der Waals surface area contributed by atoms with E-state index in [0.29, 0.717) is 6.61 Å². The highest BCUT2D eigenvalue weighted by atomic mass is 16.5. The first-order chi connectivity index (χ1) is 9.11. The molecule has 0 amide bonds. The first-order valence-corrected chi connectivity index (χ1v) is 6.31. The van der Waals surface area contributed by atoms with E-state index in [1.165, 1.54) is 0 Å². The van der Waals surface area contributed by atoms with Gasteiger partial charge in [-0.15, -0.1) is 0 Å². The molecule has 0 bridgehead atoms. The number of hydrogen-bond donors (Lipinski definition) is 0. The van der Waals surface area contributed by atoms with Crippen LogP contribution in [0, 0.1) is 20.8 Å². The Bertz CT molecular complexity index is 541. The van der Waals surface area contributed by atoms with Gasteiger partial charge in [0.15, 0.2) is 11.5 Å². The van der Waals surface area contributed by atoms with E-state index in [4.69, 9.17) is 14.0 Å². The molecule has 0 atom stereocenters. The molecule has 19 heavy (non-hydrogen) atoms. The molecular weight excluding hydrogens is 242 g/mol. The van der Waals surface area contributed by atoms with Crippen molar-refractivity contribution in [3.8, 4) is 11.5 Å². The Morgan fingerprint density at radius 1 is 1.16 bits per heavy atom. The lowest BCUT2D eigenvalue weighted by Gasteiger charge is -2.11. The summed E-state index contributed by atoms with van der Waals surface area (Å²) in [6.45, 7) is 6.46. The molecule has 4 heteroatoms. The van der Waals surface area contributed by atoms with Crippen LogP contribution in [0.3, 0.4) is 0 Å². The number of hydrogen-bond acceptors (Lipinski definition) is 4. The third-order valence-electron chi connectivity index (χ3n) is 3.11. The number of aromatic nitrogens is 1. The van der Waals surface area contributed by atoms with Gasteiger partial charge >= 0.3 is 0 Å². The Balaban J connectivity index is 2.00. The second-order valence-electron chi connectivity index (χ2n) is 4.56. The van der Waals surface area contributed by atoms with Gasteiger partial charge in [0.05, 0.1) is 19.4 Å². The van der Waals surface area contributed by atoms with E-state index >= 15 is 0 Å². The molecule has 0 saturated carbocycles. The minimum atomic E-state index is 0.572. The summed E-state index contributed by atoms with van der Waals surface area (Å²) >= 11 is 0. The van der Waals surface area contributed by atoms with Crippen LogP contribution in [0.4, 0.5) is 0 Å². The monoisotopic (exact) mass is 261 g/mol. The summed E-state index contributed by atoms with van der Waals surface area (Å²) < 4.78 is 16.2. The number of methoxy groups -OCH3 is 1. The summed E-state index contributed by atoms with van der Waals surface area (Å²) in [6.07, 6.45) is 0.776. The maximum absolute atomic E-state index is 5.77. The Labute approximate surface area is 113 Å². The molecule has 0 aliphatic heterocycles. The van der Waals surface area contributed by atoms with Gasteiger partial charge in [-0.25, -0.2) is 0 Å². The van der Waals surface area contributed by atoms with Crippen LogP contribution >= 0.6 is 0 Å². The number of nitrogens with zero attached hydrogens (tertiary/aromatic N) is 1. The van der Waals surface area contributed by atoms with Gasteiger partial charge in [0.2, 0.25) is 0 Å². The molecule has 1 aromatic heterocycles. The Kier molecular flexibility index (Phi) is 4.10. The van der Waals surface area contributed by atoms with Gasteiger partial charge in [0.1, 0.15) is 5.76 Å². The second-order valence-corrected chi connectivity index (χ2v) is 4.56. The second kappa shape index (κ2) is 5.78. The van der Waals surface area contributed by atoms with Crippen LogP contribution in [-0.2, 0) is 6.42 Å². The van der Waals surface area contributed by atoms with Gasteiger partial charge in [-0.05, 0) is 38.5 Å². The molecule has 0 unspecified atom stereocenters. The molecule has 0 aliphatic carbocycles. The van der Waals surface area contributed by atoms with Crippen molar-refractivity contribution in [3.63, 3.8) is 0 Å². The summed E-state index contributed by atoms with van der Waals surface area (Å²) in [5.74, 6) is 2.38. The molecule has 0 N–H and O–H groups in total. The SMILES string of the molecule is COc1cc(C)ccc1OCCc1c(C)noc1C. The Morgan fingerprint density at radius 3 is 2.58 bits per heavy atom. The van der Waals surface area contributed by atoms with Gasteiger partial charge in [0, 0.05) is 12.0 Å². The fraction of sp³-hybridized carbons (Fsp3) is 0.400. The molecule has 1 heterocycles. The van der Waals surface area contributed by atoms with Crippen molar-refractivity contribution in [2.24, 2.45) is 0 Å². The Hall–Kier alpha value is -1.97. The largest absolute Gasteiger partial charge is 0.493 e. The lowest BCUT2D eigenvalue weighted by Crippen LogP contribution is -2.04. The first-order valence-electron chi connectivity index (χ1n) is 6.31. The van der Waals surface area contributed by atoms with Crippen LogP contribution < -0.4 is 9.47 Å². The zero-order valence-electron chi connectivity index (χ0n) is 11.8. The molecule has 2 rings (SSSR count). The van der Waals surface area contributed by atoms with Crippen molar-refractivity contribution < 1.29 is 14.0 Å². The Morgan fingerprint density at radius 2 is 1.95 bits per heavy atom. The molecular formula is C15H19NO3. The van der Waals surface area contributed by atoms with Gasteiger partial charge in [0.25, 0.3) is 0 Å². The third-order valence-corrected chi connectivity index (χ3v) is 3.11. The van der Waals surface area contributed by atoms with Crippen molar-refractivity contribution in [1.82, 2.24) is 5.16 Å². The lowest BCUT2D eigenvalue weighted by atomic mass is 10.1. The fourth-order valence-electron chi connectivity index (χ4n) is 2.02. The minimum absolute atomic E-state index is 0.572. The fourth-order valence-corrected chi connectivity index (χ4v) is 2.02. The van der Waals surface area contributed by atoms with Crippen molar-refractivity contribution in [3.05, 3.63) is 40.8 Å². The van der Waals surface area contributed by atoms with Gasteiger partial charge in [-0.3, -0.25) is 0 Å². The highest BCUT2D eigenvalue weighted by Crippen LogP contribution is 2.28. The molecule has 2 aromatic rings. The predicted octanol–water partition coefficient (Wildman–Crippen LogP) is 3.23. The lowest BCUT2D eigenvalue weighted by molar-refractivity contribution is 0.296. The topological polar surface area (TPSA) is 44.5 Å². The molecule has 0 saturated heterocycles. The minimum Gasteiger partial charge on any atom is -0.493 e. The standard InChI is InChI=1S/C15H19NO3/c1-10-5-6-14(15(9-10)17-4)18-8-7-13-11(2)16-19-12(13)3/h5-6,9H,7-8H2,1-4H3. The van der Waals surface area contributed by atoms with Crippen molar-refractivity contribution in [2.45, 2.75) is 27.2 Å². The third kappa shape index (κ3) is 3.08. The molecule has 0 fully saturated rings. The molecule has 1 aromatic carbocycles. The molecule has 0 aliphatic rings. The van der Waals surface area contributed by atoms with E-state index in [-0.39, 0.29) is 0 Å². The van der Waals surface area contributed by atoms with E-state index in [1.54, 1.807) is 7.11 Å². The average molecular weight is 261 g/mol. The van der Waals surface area contributed by atoms with E-state index in [9.17, 15) is 0 Å². The van der Waals surface area contributed by atoms with Crippen LogP contribution in [0.15, 0.2) is 22.7 Å². The summed E-state index contributed by atoms with van der Waals surface area (Å²) in [7, 11) is 1.65. The molecule has 4 nitrogen and oxygen atoms in total. The van der Waals surface area contributed by atoms with Crippen LogP contribution in [0.5, 0.6) is 11.5 Å². The van der Waals surface area contributed by atoms with Crippen LogP contribution in [0.1, 0.15) is 22.6 Å². The quantitative estimate of drug-likeness (QED) is 0.829. The van der Waals surface area contributed by atoms with Crippen molar-refractivity contribution in [2.75, 3.05) is 13.7 Å². The molecule has 0 spiro atoms. The number of rotatable bonds is 5. The number of aryl methyl sites for hydroxylation is 3. The van der Waals surface area contributed by atoms with Gasteiger partial charge < -0.3 is 14.0 Å². The summed E-state index contributed by atoms with van der Waals surface area (Å²) in [6, 6.07) is 5.90. The number of benzene rings is 1. The van der Waals surface area contributed by atoms with E-state index in [0.717, 1.165) is 40.5 Å². The summed E-state index contributed by atoms with van der Waals surface area (Å²) in [5.41, 5.74) is 3.19. The highest BCUT2D eigenvalue weighted by Gasteiger charge is 2.10. The average Bonchev–Trinajstić information content (AvgIpc) is 2.71. The molecule has 0 radical (unpaired) electrons. The molecule has 102 valence electrons. The van der Waals surface area contributed by atoms with Gasteiger partial charge in [-0.2, -0.15) is 0 Å². The zero-order chi connectivity index (χ0) is 13.8. The number of ether oxygens (including phenoxy) is 2. The van der Waals surface area contributed by atoms with Crippen molar-refractivity contribution in [1.29, 1.82) is 0 Å². The van der Waals surface area contributed by atoms with Crippen LogP contribution in [0.25, 0.3) is 0 Å². The maximum Gasteiger partial charge on any atom is 0.161 e. The van der Waals surface area contributed by atoms with E-state index in [2.05, 4.69) is 5.16 Å². The highest BCUT2D eigenvalue weighted by molar-refractivity contribution is 5.42.